The molecular weight excluding hydrogens is 240 g/mol. The minimum Gasteiger partial charge on any atom is -0.305 e. The van der Waals surface area contributed by atoms with E-state index in [1.54, 1.807) is 0 Å². The van der Waals surface area contributed by atoms with Crippen molar-refractivity contribution in [3.63, 3.8) is 0 Å². The number of carbonyl (C=O) groups excluding carboxylic acids is 2. The van der Waals surface area contributed by atoms with Crippen LogP contribution < -0.4 is 5.32 Å². The third-order valence-corrected chi connectivity index (χ3v) is 5.21. The molecule has 1 aliphatic heterocycles. The number of carbonyl (C=O) groups is 2. The molecule has 2 amide bonds. The summed E-state index contributed by atoms with van der Waals surface area (Å²) in [6, 6.07) is -0.289. The molecule has 2 aliphatic carbocycles. The Kier molecular flexibility index (Phi) is 3.37. The maximum absolute atomic E-state index is 12.2. The first kappa shape index (κ1) is 13.1. The third-order valence-electron chi connectivity index (χ3n) is 5.21. The van der Waals surface area contributed by atoms with Crippen LogP contribution in [-0.4, -0.2) is 35.3 Å². The molecule has 0 spiro atoms. The Morgan fingerprint density at radius 2 is 2.05 bits per heavy atom. The number of imide groups is 1. The van der Waals surface area contributed by atoms with Crippen molar-refractivity contribution in [2.24, 2.45) is 17.8 Å². The molecule has 0 radical (unpaired) electrons. The summed E-state index contributed by atoms with van der Waals surface area (Å²) in [5.41, 5.74) is 0. The van der Waals surface area contributed by atoms with E-state index in [4.69, 9.17) is 0 Å². The summed E-state index contributed by atoms with van der Waals surface area (Å²) in [6.45, 7) is 4.71. The number of nitrogens with one attached hydrogen (secondary N) is 1. The zero-order chi connectivity index (χ0) is 13.6. The van der Waals surface area contributed by atoms with Gasteiger partial charge in [0.1, 0.15) is 0 Å². The Balaban J connectivity index is 1.54. The molecule has 0 aromatic heterocycles. The molecule has 106 valence electrons. The summed E-state index contributed by atoms with van der Waals surface area (Å²) in [6.07, 6.45) is 5.83. The van der Waals surface area contributed by atoms with E-state index < -0.39 is 0 Å². The molecule has 2 bridgehead atoms. The fourth-order valence-electron chi connectivity index (χ4n) is 4.27. The minimum atomic E-state index is -0.269. The fraction of sp³-hybridized carbons (Fsp3) is 0.867. The van der Waals surface area contributed by atoms with Crippen LogP contribution in [0.15, 0.2) is 0 Å². The second-order valence-corrected chi connectivity index (χ2v) is 6.80. The van der Waals surface area contributed by atoms with Crippen LogP contribution in [0.25, 0.3) is 0 Å². The lowest BCUT2D eigenvalue weighted by Crippen LogP contribution is -2.43. The van der Waals surface area contributed by atoms with E-state index in [1.165, 1.54) is 30.6 Å². The number of hydrogen-bond donors (Lipinski definition) is 1. The van der Waals surface area contributed by atoms with Crippen LogP contribution in [0.3, 0.4) is 0 Å². The van der Waals surface area contributed by atoms with Crippen LogP contribution in [0.5, 0.6) is 0 Å². The van der Waals surface area contributed by atoms with Crippen LogP contribution in [-0.2, 0) is 9.59 Å². The van der Waals surface area contributed by atoms with Crippen LogP contribution in [0.1, 0.15) is 46.0 Å². The zero-order valence-corrected chi connectivity index (χ0v) is 11.9. The Hall–Kier alpha value is -0.900. The quantitative estimate of drug-likeness (QED) is 0.784. The number of hydrogen-bond acceptors (Lipinski definition) is 3. The first-order chi connectivity index (χ1) is 9.06. The van der Waals surface area contributed by atoms with Crippen molar-refractivity contribution >= 4 is 11.8 Å². The Bertz CT molecular complexity index is 394. The highest BCUT2D eigenvalue weighted by atomic mass is 16.2. The van der Waals surface area contributed by atoms with E-state index >= 15 is 0 Å². The second-order valence-electron chi connectivity index (χ2n) is 6.80. The van der Waals surface area contributed by atoms with Gasteiger partial charge in [0.25, 0.3) is 0 Å². The highest BCUT2D eigenvalue weighted by Crippen LogP contribution is 2.48. The Morgan fingerprint density at radius 3 is 2.58 bits per heavy atom. The van der Waals surface area contributed by atoms with Gasteiger partial charge in [-0.05, 0) is 57.4 Å². The standard InChI is InChI=1S/C15H24N2O2/c1-9(2)17-14(18)7-13(15(17)19)16-8-12-6-10-3-4-11(12)5-10/h9-13,16H,3-8H2,1-2H3. The molecule has 3 fully saturated rings. The molecule has 3 aliphatic rings. The van der Waals surface area contributed by atoms with Crippen LogP contribution in [0, 0.1) is 17.8 Å². The largest absolute Gasteiger partial charge is 0.305 e. The number of likely N-dealkylation sites (tertiary alicyclic amines) is 1. The Labute approximate surface area is 114 Å². The van der Waals surface area contributed by atoms with Gasteiger partial charge >= 0.3 is 0 Å². The molecule has 4 heteroatoms. The van der Waals surface area contributed by atoms with E-state index in [0.29, 0.717) is 6.42 Å². The summed E-state index contributed by atoms with van der Waals surface area (Å²) >= 11 is 0. The lowest BCUT2D eigenvalue weighted by molar-refractivity contribution is -0.140. The lowest BCUT2D eigenvalue weighted by atomic mass is 9.88. The fourth-order valence-corrected chi connectivity index (χ4v) is 4.27. The van der Waals surface area contributed by atoms with Crippen molar-refractivity contribution < 1.29 is 9.59 Å². The van der Waals surface area contributed by atoms with Gasteiger partial charge in [-0.3, -0.25) is 14.5 Å². The van der Waals surface area contributed by atoms with Gasteiger partial charge in [0.05, 0.1) is 12.5 Å². The maximum atomic E-state index is 12.2. The normalized spacial score (nSPS) is 37.9. The first-order valence-corrected chi connectivity index (χ1v) is 7.65. The van der Waals surface area contributed by atoms with E-state index in [0.717, 1.165) is 24.3 Å². The van der Waals surface area contributed by atoms with Gasteiger partial charge in [-0.15, -0.1) is 0 Å². The van der Waals surface area contributed by atoms with Gasteiger partial charge in [-0.2, -0.15) is 0 Å². The van der Waals surface area contributed by atoms with Gasteiger partial charge in [-0.25, -0.2) is 0 Å². The lowest BCUT2D eigenvalue weighted by Gasteiger charge is -2.24. The Morgan fingerprint density at radius 1 is 1.26 bits per heavy atom. The van der Waals surface area contributed by atoms with Crippen LogP contribution >= 0.6 is 0 Å². The average molecular weight is 264 g/mol. The number of amides is 2. The van der Waals surface area contributed by atoms with Crippen molar-refractivity contribution in [2.75, 3.05) is 6.54 Å². The van der Waals surface area contributed by atoms with Gasteiger partial charge in [-0.1, -0.05) is 6.42 Å². The third kappa shape index (κ3) is 2.31. The van der Waals surface area contributed by atoms with E-state index in [2.05, 4.69) is 5.32 Å². The van der Waals surface area contributed by atoms with Gasteiger partial charge in [0, 0.05) is 6.04 Å². The van der Waals surface area contributed by atoms with Crippen molar-refractivity contribution in [3.05, 3.63) is 0 Å². The van der Waals surface area contributed by atoms with Crippen molar-refractivity contribution in [1.29, 1.82) is 0 Å². The predicted octanol–water partition coefficient (Wildman–Crippen LogP) is 1.55. The smallest absolute Gasteiger partial charge is 0.247 e. The summed E-state index contributed by atoms with van der Waals surface area (Å²) in [7, 11) is 0. The van der Waals surface area contributed by atoms with Crippen LogP contribution in [0.2, 0.25) is 0 Å². The van der Waals surface area contributed by atoms with Gasteiger partial charge in [0.2, 0.25) is 11.8 Å². The highest BCUT2D eigenvalue weighted by Gasteiger charge is 2.42. The molecule has 4 atom stereocenters. The first-order valence-electron chi connectivity index (χ1n) is 7.65. The molecular formula is C15H24N2O2. The molecule has 4 unspecified atom stereocenters. The molecule has 2 saturated carbocycles. The van der Waals surface area contributed by atoms with Crippen LogP contribution in [0.4, 0.5) is 0 Å². The van der Waals surface area contributed by atoms with Gasteiger partial charge < -0.3 is 5.32 Å². The summed E-state index contributed by atoms with van der Waals surface area (Å²) in [5, 5.41) is 3.36. The van der Waals surface area contributed by atoms with Crippen molar-refractivity contribution in [1.82, 2.24) is 10.2 Å². The molecule has 3 rings (SSSR count). The molecule has 1 saturated heterocycles. The number of rotatable bonds is 4. The van der Waals surface area contributed by atoms with Crippen molar-refractivity contribution in [2.45, 2.75) is 58.0 Å². The van der Waals surface area contributed by atoms with Gasteiger partial charge in [0.15, 0.2) is 0 Å². The molecule has 0 aromatic rings. The summed E-state index contributed by atoms with van der Waals surface area (Å²) < 4.78 is 0. The molecule has 1 N–H and O–H groups in total. The maximum Gasteiger partial charge on any atom is 0.247 e. The number of fused-ring (bicyclic) bond motifs is 2. The molecule has 4 nitrogen and oxygen atoms in total. The SMILES string of the molecule is CC(C)N1C(=O)CC(NCC2CC3CCC2C3)C1=O. The average Bonchev–Trinajstić information content (AvgIpc) is 3.01. The topological polar surface area (TPSA) is 49.4 Å². The molecule has 1 heterocycles. The summed E-state index contributed by atoms with van der Waals surface area (Å²) in [4.78, 5) is 25.4. The number of nitrogens with zero attached hydrogens (tertiary/aromatic N) is 1. The summed E-state index contributed by atoms with van der Waals surface area (Å²) in [5.74, 6) is 2.49. The van der Waals surface area contributed by atoms with E-state index in [9.17, 15) is 9.59 Å². The molecule has 0 aromatic carbocycles. The molecule has 19 heavy (non-hydrogen) atoms. The van der Waals surface area contributed by atoms with E-state index in [-0.39, 0.29) is 23.9 Å². The van der Waals surface area contributed by atoms with Crippen molar-refractivity contribution in [3.8, 4) is 0 Å². The second kappa shape index (κ2) is 4.89. The monoisotopic (exact) mass is 264 g/mol. The van der Waals surface area contributed by atoms with E-state index in [1.807, 2.05) is 13.8 Å². The highest BCUT2D eigenvalue weighted by molar-refractivity contribution is 6.05. The predicted molar refractivity (Wildman–Crippen MR) is 72.3 cm³/mol. The minimum absolute atomic E-state index is 0.0192. The zero-order valence-electron chi connectivity index (χ0n) is 11.9.